The Morgan fingerprint density at radius 1 is 1.32 bits per heavy atom. The van der Waals surface area contributed by atoms with E-state index in [4.69, 9.17) is 4.98 Å². The number of hydrogen-bond acceptors (Lipinski definition) is 4. The predicted octanol–water partition coefficient (Wildman–Crippen LogP) is 3.24. The number of aromatic nitrogens is 2. The smallest absolute Gasteiger partial charge is 0.134 e. The van der Waals surface area contributed by atoms with Crippen LogP contribution in [0.25, 0.3) is 0 Å². The molecule has 0 aliphatic carbocycles. The third-order valence-electron chi connectivity index (χ3n) is 3.77. The van der Waals surface area contributed by atoms with Crippen LogP contribution in [0.4, 0.5) is 11.6 Å². The van der Waals surface area contributed by atoms with Crippen LogP contribution in [0.1, 0.15) is 52.3 Å². The molecular formula is C15H26N4. The standard InChI is InChI=1S/C15H26N4/c1-4-9-16-14-11-15(18-13(6-3)17-14)19-10-7-8-12(19)5-2/h11-12H,4-10H2,1-3H3,(H,16,17,18). The second-order valence-electron chi connectivity index (χ2n) is 5.21. The van der Waals surface area contributed by atoms with Crippen LogP contribution < -0.4 is 10.2 Å². The molecule has 1 aliphatic rings. The Labute approximate surface area is 116 Å². The van der Waals surface area contributed by atoms with Gasteiger partial charge in [-0.05, 0) is 25.7 Å². The van der Waals surface area contributed by atoms with E-state index in [1.165, 1.54) is 19.3 Å². The third-order valence-corrected chi connectivity index (χ3v) is 3.77. The van der Waals surface area contributed by atoms with Crippen molar-refractivity contribution in [3.63, 3.8) is 0 Å². The zero-order valence-electron chi connectivity index (χ0n) is 12.4. The minimum atomic E-state index is 0.652. The molecule has 2 heterocycles. The van der Waals surface area contributed by atoms with E-state index in [0.717, 1.165) is 43.4 Å². The molecule has 1 aliphatic heterocycles. The van der Waals surface area contributed by atoms with Crippen LogP contribution in [0, 0.1) is 0 Å². The minimum Gasteiger partial charge on any atom is -0.370 e. The van der Waals surface area contributed by atoms with Crippen LogP contribution in [-0.4, -0.2) is 29.1 Å². The highest BCUT2D eigenvalue weighted by atomic mass is 15.2. The molecule has 1 aromatic rings. The molecule has 106 valence electrons. The lowest BCUT2D eigenvalue weighted by atomic mass is 10.2. The highest BCUT2D eigenvalue weighted by molar-refractivity contribution is 5.50. The van der Waals surface area contributed by atoms with Gasteiger partial charge in [0, 0.05) is 31.6 Å². The van der Waals surface area contributed by atoms with Gasteiger partial charge in [-0.15, -0.1) is 0 Å². The van der Waals surface area contributed by atoms with Gasteiger partial charge in [0.25, 0.3) is 0 Å². The van der Waals surface area contributed by atoms with Gasteiger partial charge in [-0.3, -0.25) is 0 Å². The summed E-state index contributed by atoms with van der Waals surface area (Å²) in [5.74, 6) is 3.03. The maximum Gasteiger partial charge on any atom is 0.134 e. The normalized spacial score (nSPS) is 18.9. The van der Waals surface area contributed by atoms with Crippen molar-refractivity contribution in [1.29, 1.82) is 0 Å². The number of anilines is 2. The van der Waals surface area contributed by atoms with Gasteiger partial charge >= 0.3 is 0 Å². The SMILES string of the molecule is CCCNc1cc(N2CCCC2CC)nc(CC)n1. The molecule has 0 aromatic carbocycles. The summed E-state index contributed by atoms with van der Waals surface area (Å²) in [7, 11) is 0. The summed E-state index contributed by atoms with van der Waals surface area (Å²) in [4.78, 5) is 11.7. The van der Waals surface area contributed by atoms with Gasteiger partial charge < -0.3 is 10.2 Å². The first-order chi connectivity index (χ1) is 9.28. The first-order valence-corrected chi connectivity index (χ1v) is 7.66. The lowest BCUT2D eigenvalue weighted by Gasteiger charge is -2.25. The monoisotopic (exact) mass is 262 g/mol. The van der Waals surface area contributed by atoms with Gasteiger partial charge in [-0.1, -0.05) is 20.8 Å². The van der Waals surface area contributed by atoms with Crippen LogP contribution in [0.2, 0.25) is 0 Å². The summed E-state index contributed by atoms with van der Waals surface area (Å²) < 4.78 is 0. The van der Waals surface area contributed by atoms with Gasteiger partial charge in [-0.25, -0.2) is 9.97 Å². The lowest BCUT2D eigenvalue weighted by Crippen LogP contribution is -2.29. The average Bonchev–Trinajstić information content (AvgIpc) is 2.93. The summed E-state index contributed by atoms with van der Waals surface area (Å²) >= 11 is 0. The topological polar surface area (TPSA) is 41.0 Å². The fourth-order valence-electron chi connectivity index (χ4n) is 2.69. The molecule has 1 unspecified atom stereocenters. The second-order valence-corrected chi connectivity index (χ2v) is 5.21. The molecule has 4 nitrogen and oxygen atoms in total. The fraction of sp³-hybridized carbons (Fsp3) is 0.733. The first kappa shape index (κ1) is 14.1. The Bertz CT molecular complexity index is 405. The lowest BCUT2D eigenvalue weighted by molar-refractivity contribution is 0.638. The van der Waals surface area contributed by atoms with Crippen molar-refractivity contribution < 1.29 is 0 Å². The second kappa shape index (κ2) is 6.73. The summed E-state index contributed by atoms with van der Waals surface area (Å²) in [6.07, 6.45) is 5.77. The molecule has 0 saturated carbocycles. The zero-order valence-corrected chi connectivity index (χ0v) is 12.4. The molecule has 0 radical (unpaired) electrons. The Hall–Kier alpha value is -1.32. The van der Waals surface area contributed by atoms with Gasteiger partial charge in [0.2, 0.25) is 0 Å². The van der Waals surface area contributed by atoms with Crippen molar-refractivity contribution in [1.82, 2.24) is 9.97 Å². The van der Waals surface area contributed by atoms with Crippen molar-refractivity contribution in [2.45, 2.75) is 58.9 Å². The third kappa shape index (κ3) is 3.37. The number of rotatable bonds is 6. The Morgan fingerprint density at radius 3 is 2.84 bits per heavy atom. The minimum absolute atomic E-state index is 0.652. The Morgan fingerprint density at radius 2 is 2.16 bits per heavy atom. The molecular weight excluding hydrogens is 236 g/mol. The highest BCUT2D eigenvalue weighted by Gasteiger charge is 2.24. The van der Waals surface area contributed by atoms with E-state index in [-0.39, 0.29) is 0 Å². The number of aryl methyl sites for hydroxylation is 1. The number of nitrogens with one attached hydrogen (secondary N) is 1. The largest absolute Gasteiger partial charge is 0.370 e. The van der Waals surface area contributed by atoms with Gasteiger partial charge in [0.15, 0.2) is 0 Å². The molecule has 2 rings (SSSR count). The van der Waals surface area contributed by atoms with Crippen LogP contribution in [0.5, 0.6) is 0 Å². The van der Waals surface area contributed by atoms with Crippen LogP contribution in [0.3, 0.4) is 0 Å². The van der Waals surface area contributed by atoms with E-state index in [9.17, 15) is 0 Å². The number of hydrogen-bond donors (Lipinski definition) is 1. The molecule has 1 fully saturated rings. The van der Waals surface area contributed by atoms with Gasteiger partial charge in [-0.2, -0.15) is 0 Å². The molecule has 1 N–H and O–H groups in total. The van der Waals surface area contributed by atoms with E-state index in [1.807, 2.05) is 0 Å². The van der Waals surface area contributed by atoms with Crippen LogP contribution in [0.15, 0.2) is 6.07 Å². The van der Waals surface area contributed by atoms with Crippen molar-refractivity contribution in [3.05, 3.63) is 11.9 Å². The van der Waals surface area contributed by atoms with E-state index in [0.29, 0.717) is 6.04 Å². The van der Waals surface area contributed by atoms with Crippen molar-refractivity contribution in [2.75, 3.05) is 23.3 Å². The number of nitrogens with zero attached hydrogens (tertiary/aromatic N) is 3. The summed E-state index contributed by atoms with van der Waals surface area (Å²) in [5, 5.41) is 3.39. The molecule has 0 spiro atoms. The van der Waals surface area contributed by atoms with E-state index in [1.54, 1.807) is 0 Å². The van der Waals surface area contributed by atoms with Crippen molar-refractivity contribution in [3.8, 4) is 0 Å². The molecule has 0 bridgehead atoms. The zero-order chi connectivity index (χ0) is 13.7. The van der Waals surface area contributed by atoms with E-state index < -0.39 is 0 Å². The molecule has 4 heteroatoms. The van der Waals surface area contributed by atoms with E-state index >= 15 is 0 Å². The summed E-state index contributed by atoms with van der Waals surface area (Å²) in [6, 6.07) is 2.77. The summed E-state index contributed by atoms with van der Waals surface area (Å²) in [5.41, 5.74) is 0. The van der Waals surface area contributed by atoms with Crippen molar-refractivity contribution >= 4 is 11.6 Å². The molecule has 19 heavy (non-hydrogen) atoms. The maximum atomic E-state index is 4.71. The Balaban J connectivity index is 2.23. The van der Waals surface area contributed by atoms with E-state index in [2.05, 4.69) is 42.0 Å². The molecule has 1 atom stereocenters. The molecule has 1 aromatic heterocycles. The van der Waals surface area contributed by atoms with Gasteiger partial charge in [0.1, 0.15) is 17.5 Å². The maximum absolute atomic E-state index is 4.71. The van der Waals surface area contributed by atoms with Crippen LogP contribution >= 0.6 is 0 Å². The highest BCUT2D eigenvalue weighted by Crippen LogP contribution is 2.27. The van der Waals surface area contributed by atoms with Crippen LogP contribution in [-0.2, 0) is 6.42 Å². The average molecular weight is 262 g/mol. The quantitative estimate of drug-likeness (QED) is 0.854. The fourth-order valence-corrected chi connectivity index (χ4v) is 2.69. The summed E-state index contributed by atoms with van der Waals surface area (Å²) in [6.45, 7) is 8.65. The molecule has 1 saturated heterocycles. The Kier molecular flexibility index (Phi) is 5.00. The predicted molar refractivity (Wildman–Crippen MR) is 80.8 cm³/mol. The van der Waals surface area contributed by atoms with Crippen molar-refractivity contribution in [2.24, 2.45) is 0 Å². The first-order valence-electron chi connectivity index (χ1n) is 7.66. The molecule has 0 amide bonds. The van der Waals surface area contributed by atoms with Gasteiger partial charge in [0.05, 0.1) is 0 Å².